The number of hydrogen-bond acceptors (Lipinski definition) is 3. The first-order chi connectivity index (χ1) is 8.20. The number of aryl methyl sites for hydroxylation is 1. The number of hydrogen-bond donors (Lipinski definition) is 2. The predicted molar refractivity (Wildman–Crippen MR) is 70.6 cm³/mol. The van der Waals surface area contributed by atoms with Crippen LogP contribution in [-0.4, -0.2) is 33.2 Å². The van der Waals surface area contributed by atoms with E-state index in [2.05, 4.69) is 0 Å². The number of benzene rings is 1. The highest BCUT2D eigenvalue weighted by molar-refractivity contribution is 5.69. The van der Waals surface area contributed by atoms with Crippen LogP contribution >= 0.6 is 0 Å². The first-order valence-electron chi connectivity index (χ1n) is 5.95. The quantitative estimate of drug-likeness (QED) is 0.862. The molecule has 4 nitrogen and oxygen atoms in total. The van der Waals surface area contributed by atoms with Gasteiger partial charge < -0.3 is 10.2 Å². The van der Waals surface area contributed by atoms with Gasteiger partial charge in [0.05, 0.1) is 6.54 Å². The van der Waals surface area contributed by atoms with Gasteiger partial charge in [-0.25, -0.2) is 0 Å². The van der Waals surface area contributed by atoms with Crippen molar-refractivity contribution in [2.45, 2.75) is 39.8 Å². The number of phenols is 1. The van der Waals surface area contributed by atoms with E-state index in [1.54, 1.807) is 6.07 Å². The van der Waals surface area contributed by atoms with Crippen molar-refractivity contribution >= 4 is 5.97 Å². The Morgan fingerprint density at radius 2 is 1.94 bits per heavy atom. The molecule has 0 aromatic heterocycles. The molecule has 2 N–H and O–H groups in total. The van der Waals surface area contributed by atoms with E-state index in [0.717, 1.165) is 11.1 Å². The highest BCUT2D eigenvalue weighted by Gasteiger charge is 2.24. The summed E-state index contributed by atoms with van der Waals surface area (Å²) in [6, 6.07) is 5.36. The number of carboxylic acid groups (broad SMARTS) is 1. The number of rotatable bonds is 4. The monoisotopic (exact) mass is 251 g/mol. The van der Waals surface area contributed by atoms with Gasteiger partial charge in [0, 0.05) is 17.6 Å². The van der Waals surface area contributed by atoms with Crippen LogP contribution in [0.2, 0.25) is 0 Å². The lowest BCUT2D eigenvalue weighted by Gasteiger charge is -2.34. The van der Waals surface area contributed by atoms with Crippen LogP contribution < -0.4 is 0 Å². The molecule has 0 radical (unpaired) electrons. The lowest BCUT2D eigenvalue weighted by atomic mass is 10.0. The highest BCUT2D eigenvalue weighted by Crippen LogP contribution is 2.23. The van der Waals surface area contributed by atoms with Gasteiger partial charge in [0.2, 0.25) is 0 Å². The molecule has 0 saturated heterocycles. The molecule has 0 unspecified atom stereocenters. The number of nitrogens with zero attached hydrogens (tertiary/aromatic N) is 1. The van der Waals surface area contributed by atoms with E-state index in [9.17, 15) is 9.90 Å². The SMILES string of the molecule is Cc1ccc(O)c(CN(CC(=O)O)C(C)(C)C)c1. The third-order valence-electron chi connectivity index (χ3n) is 2.87. The smallest absolute Gasteiger partial charge is 0.317 e. The molecule has 4 heteroatoms. The Balaban J connectivity index is 2.96. The third-order valence-corrected chi connectivity index (χ3v) is 2.87. The van der Waals surface area contributed by atoms with Gasteiger partial charge in [-0.1, -0.05) is 17.7 Å². The van der Waals surface area contributed by atoms with Gasteiger partial charge in [-0.3, -0.25) is 9.69 Å². The molecule has 0 atom stereocenters. The summed E-state index contributed by atoms with van der Waals surface area (Å²) < 4.78 is 0. The number of aliphatic carboxylic acids is 1. The fourth-order valence-electron chi connectivity index (χ4n) is 1.74. The zero-order valence-corrected chi connectivity index (χ0v) is 11.4. The van der Waals surface area contributed by atoms with Gasteiger partial charge in [-0.2, -0.15) is 0 Å². The van der Waals surface area contributed by atoms with Crippen molar-refractivity contribution in [1.29, 1.82) is 0 Å². The molecule has 0 spiro atoms. The number of phenolic OH excluding ortho intramolecular Hbond substituents is 1. The zero-order valence-electron chi connectivity index (χ0n) is 11.4. The molecule has 1 aromatic carbocycles. The standard InChI is InChI=1S/C14H21NO3/c1-10-5-6-12(16)11(7-10)8-15(9-13(17)18)14(2,3)4/h5-7,16H,8-9H2,1-4H3,(H,17,18). The van der Waals surface area contributed by atoms with Crippen molar-refractivity contribution in [1.82, 2.24) is 4.90 Å². The van der Waals surface area contributed by atoms with E-state index < -0.39 is 5.97 Å². The molecule has 0 aliphatic rings. The average Bonchev–Trinajstić information content (AvgIpc) is 2.20. The fraction of sp³-hybridized carbons (Fsp3) is 0.500. The van der Waals surface area contributed by atoms with Crippen molar-refractivity contribution in [2.24, 2.45) is 0 Å². The largest absolute Gasteiger partial charge is 0.508 e. The van der Waals surface area contributed by atoms with Gasteiger partial charge in [-0.15, -0.1) is 0 Å². The fourth-order valence-corrected chi connectivity index (χ4v) is 1.74. The molecular formula is C14H21NO3. The summed E-state index contributed by atoms with van der Waals surface area (Å²) in [6.07, 6.45) is 0. The van der Waals surface area contributed by atoms with Crippen LogP contribution in [0.1, 0.15) is 31.9 Å². The lowest BCUT2D eigenvalue weighted by Crippen LogP contribution is -2.43. The van der Waals surface area contributed by atoms with Crippen LogP contribution in [0.3, 0.4) is 0 Å². The van der Waals surface area contributed by atoms with Crippen molar-refractivity contribution in [3.63, 3.8) is 0 Å². The molecule has 0 aliphatic heterocycles. The minimum atomic E-state index is -0.864. The topological polar surface area (TPSA) is 60.8 Å². The number of carbonyl (C=O) groups is 1. The van der Waals surface area contributed by atoms with E-state index in [1.165, 1.54) is 0 Å². The first-order valence-corrected chi connectivity index (χ1v) is 5.95. The molecule has 0 fully saturated rings. The van der Waals surface area contributed by atoms with E-state index in [0.29, 0.717) is 6.54 Å². The second-order valence-electron chi connectivity index (χ2n) is 5.55. The Morgan fingerprint density at radius 1 is 1.33 bits per heavy atom. The first kappa shape index (κ1) is 14.5. The maximum absolute atomic E-state index is 10.9. The second-order valence-corrected chi connectivity index (χ2v) is 5.55. The van der Waals surface area contributed by atoms with Crippen LogP contribution in [0.5, 0.6) is 5.75 Å². The van der Waals surface area contributed by atoms with Gasteiger partial charge in [0.25, 0.3) is 0 Å². The molecule has 0 bridgehead atoms. The molecule has 0 heterocycles. The molecule has 100 valence electrons. The van der Waals surface area contributed by atoms with Crippen LogP contribution in [0.25, 0.3) is 0 Å². The van der Waals surface area contributed by atoms with E-state index >= 15 is 0 Å². The normalized spacial score (nSPS) is 11.8. The Morgan fingerprint density at radius 3 is 2.44 bits per heavy atom. The van der Waals surface area contributed by atoms with E-state index in [1.807, 2.05) is 44.7 Å². The molecule has 0 saturated carbocycles. The number of carboxylic acids is 1. The molecule has 18 heavy (non-hydrogen) atoms. The maximum Gasteiger partial charge on any atom is 0.317 e. The summed E-state index contributed by atoms with van der Waals surface area (Å²) in [5.41, 5.74) is 1.53. The summed E-state index contributed by atoms with van der Waals surface area (Å²) >= 11 is 0. The second kappa shape index (κ2) is 5.40. The lowest BCUT2D eigenvalue weighted by molar-refractivity contribution is -0.139. The summed E-state index contributed by atoms with van der Waals surface area (Å²) in [4.78, 5) is 12.7. The summed E-state index contributed by atoms with van der Waals surface area (Å²) in [5.74, 6) is -0.655. The van der Waals surface area contributed by atoms with Crippen LogP contribution in [-0.2, 0) is 11.3 Å². The van der Waals surface area contributed by atoms with Crippen LogP contribution in [0.15, 0.2) is 18.2 Å². The average molecular weight is 251 g/mol. The summed E-state index contributed by atoms with van der Waals surface area (Å²) in [5, 5.41) is 18.8. The molecule has 0 amide bonds. The molecule has 1 aromatic rings. The van der Waals surface area contributed by atoms with Crippen LogP contribution in [0, 0.1) is 6.92 Å². The van der Waals surface area contributed by atoms with Gasteiger partial charge in [-0.05, 0) is 33.8 Å². The Labute approximate surface area is 108 Å². The summed E-state index contributed by atoms with van der Waals surface area (Å²) in [7, 11) is 0. The van der Waals surface area contributed by atoms with Crippen LogP contribution in [0.4, 0.5) is 0 Å². The third kappa shape index (κ3) is 4.04. The number of aromatic hydroxyl groups is 1. The van der Waals surface area contributed by atoms with Crippen molar-refractivity contribution in [3.8, 4) is 5.75 Å². The van der Waals surface area contributed by atoms with Crippen molar-refractivity contribution < 1.29 is 15.0 Å². The molecule has 1 rings (SSSR count). The van der Waals surface area contributed by atoms with Crippen molar-refractivity contribution in [2.75, 3.05) is 6.54 Å². The minimum Gasteiger partial charge on any atom is -0.508 e. The van der Waals surface area contributed by atoms with Crippen molar-refractivity contribution in [3.05, 3.63) is 29.3 Å². The molecule has 0 aliphatic carbocycles. The minimum absolute atomic E-state index is 0.0448. The predicted octanol–water partition coefficient (Wildman–Crippen LogP) is 2.39. The Hall–Kier alpha value is -1.55. The van der Waals surface area contributed by atoms with Gasteiger partial charge >= 0.3 is 5.97 Å². The molecular weight excluding hydrogens is 230 g/mol. The summed E-state index contributed by atoms with van der Waals surface area (Å²) in [6.45, 7) is 8.20. The van der Waals surface area contributed by atoms with Gasteiger partial charge in [0.1, 0.15) is 5.75 Å². The maximum atomic E-state index is 10.9. The van der Waals surface area contributed by atoms with E-state index in [4.69, 9.17) is 5.11 Å². The van der Waals surface area contributed by atoms with E-state index in [-0.39, 0.29) is 17.8 Å². The Bertz CT molecular complexity index is 435. The Kier molecular flexibility index (Phi) is 4.35. The zero-order chi connectivity index (χ0) is 13.9. The van der Waals surface area contributed by atoms with Gasteiger partial charge in [0.15, 0.2) is 0 Å². The highest BCUT2D eigenvalue weighted by atomic mass is 16.4.